The molecule has 1 amide bonds. The van der Waals surface area contributed by atoms with E-state index in [1.807, 2.05) is 31.2 Å². The second-order valence-corrected chi connectivity index (χ2v) is 4.99. The minimum atomic E-state index is -0.304. The van der Waals surface area contributed by atoms with Crippen LogP contribution in [0.4, 0.5) is 4.39 Å². The van der Waals surface area contributed by atoms with Crippen molar-refractivity contribution in [1.82, 2.24) is 5.32 Å². The van der Waals surface area contributed by atoms with Gasteiger partial charge in [0.15, 0.2) is 0 Å². The lowest BCUT2D eigenvalue weighted by molar-refractivity contribution is -0.121. The zero-order chi connectivity index (χ0) is 15.2. The first kappa shape index (κ1) is 15.2. The molecule has 0 bridgehead atoms. The van der Waals surface area contributed by atoms with E-state index in [9.17, 15) is 9.18 Å². The van der Waals surface area contributed by atoms with E-state index < -0.39 is 0 Å². The lowest BCUT2D eigenvalue weighted by Crippen LogP contribution is -2.28. The van der Waals surface area contributed by atoms with Crippen LogP contribution in [0.2, 0.25) is 0 Å². The summed E-state index contributed by atoms with van der Waals surface area (Å²) in [5.74, 6) is -0.408. The first-order valence-corrected chi connectivity index (χ1v) is 6.92. The highest BCUT2D eigenvalue weighted by Gasteiger charge is 2.12. The second-order valence-electron chi connectivity index (χ2n) is 4.99. The zero-order valence-corrected chi connectivity index (χ0v) is 12.0. The third kappa shape index (κ3) is 4.13. The SMILES string of the molecule is C[C@@H](NC(=O)Cc1ccccc1CN)c1cccc(F)c1. The Morgan fingerprint density at radius 3 is 2.57 bits per heavy atom. The highest BCUT2D eigenvalue weighted by Crippen LogP contribution is 2.14. The summed E-state index contributed by atoms with van der Waals surface area (Å²) in [5, 5.41) is 2.88. The van der Waals surface area contributed by atoms with Crippen LogP contribution in [0.5, 0.6) is 0 Å². The van der Waals surface area contributed by atoms with Crippen molar-refractivity contribution in [2.45, 2.75) is 25.9 Å². The van der Waals surface area contributed by atoms with E-state index in [2.05, 4.69) is 5.32 Å². The van der Waals surface area contributed by atoms with Crippen molar-refractivity contribution in [2.75, 3.05) is 0 Å². The molecule has 4 heteroatoms. The molecule has 0 unspecified atom stereocenters. The van der Waals surface area contributed by atoms with Crippen LogP contribution in [-0.4, -0.2) is 5.91 Å². The van der Waals surface area contributed by atoms with Crippen molar-refractivity contribution in [3.8, 4) is 0 Å². The summed E-state index contributed by atoms with van der Waals surface area (Å²) in [7, 11) is 0. The summed E-state index contributed by atoms with van der Waals surface area (Å²) in [6.45, 7) is 2.24. The summed E-state index contributed by atoms with van der Waals surface area (Å²) >= 11 is 0. The van der Waals surface area contributed by atoms with Crippen LogP contribution in [0.25, 0.3) is 0 Å². The number of nitrogens with one attached hydrogen (secondary N) is 1. The highest BCUT2D eigenvalue weighted by molar-refractivity contribution is 5.79. The fourth-order valence-electron chi connectivity index (χ4n) is 2.25. The first-order valence-electron chi connectivity index (χ1n) is 6.92. The van der Waals surface area contributed by atoms with Crippen LogP contribution in [0.15, 0.2) is 48.5 Å². The van der Waals surface area contributed by atoms with E-state index in [0.29, 0.717) is 6.54 Å². The van der Waals surface area contributed by atoms with Crippen LogP contribution >= 0.6 is 0 Å². The van der Waals surface area contributed by atoms with Crippen molar-refractivity contribution in [2.24, 2.45) is 5.73 Å². The summed E-state index contributed by atoms with van der Waals surface area (Å²) < 4.78 is 13.2. The molecule has 0 heterocycles. The van der Waals surface area contributed by atoms with Gasteiger partial charge >= 0.3 is 0 Å². The smallest absolute Gasteiger partial charge is 0.224 e. The largest absolute Gasteiger partial charge is 0.349 e. The van der Waals surface area contributed by atoms with Crippen LogP contribution in [0, 0.1) is 5.82 Å². The van der Waals surface area contributed by atoms with Crippen LogP contribution in [-0.2, 0) is 17.8 Å². The Kier molecular flexibility index (Phi) is 5.06. The molecule has 0 aliphatic rings. The van der Waals surface area contributed by atoms with Gasteiger partial charge in [-0.3, -0.25) is 4.79 Å². The van der Waals surface area contributed by atoms with Crippen LogP contribution < -0.4 is 11.1 Å². The molecule has 3 N–H and O–H groups in total. The molecule has 0 saturated carbocycles. The standard InChI is InChI=1S/C17H19FN2O/c1-12(13-7-4-8-16(18)9-13)20-17(21)10-14-5-2-3-6-15(14)11-19/h2-9,12H,10-11,19H2,1H3,(H,20,21)/t12-/m1/s1. The normalized spacial score (nSPS) is 12.0. The van der Waals surface area contributed by atoms with Crippen molar-refractivity contribution in [3.63, 3.8) is 0 Å². The molecule has 0 saturated heterocycles. The molecular formula is C17H19FN2O. The number of benzene rings is 2. The van der Waals surface area contributed by atoms with Crippen molar-refractivity contribution in [1.29, 1.82) is 0 Å². The monoisotopic (exact) mass is 286 g/mol. The third-order valence-corrected chi connectivity index (χ3v) is 3.42. The summed E-state index contributed by atoms with van der Waals surface area (Å²) in [5.41, 5.74) is 8.29. The molecule has 3 nitrogen and oxygen atoms in total. The maximum atomic E-state index is 13.2. The molecule has 2 aromatic rings. The number of nitrogens with two attached hydrogens (primary N) is 1. The van der Waals surface area contributed by atoms with E-state index >= 15 is 0 Å². The number of hydrogen-bond donors (Lipinski definition) is 2. The molecule has 0 aliphatic heterocycles. The Labute approximate surface area is 124 Å². The Hall–Kier alpha value is -2.20. The minimum Gasteiger partial charge on any atom is -0.349 e. The summed E-state index contributed by atoms with van der Waals surface area (Å²) in [4.78, 5) is 12.1. The number of halogens is 1. The van der Waals surface area contributed by atoms with Gasteiger partial charge in [-0.05, 0) is 35.7 Å². The molecule has 0 spiro atoms. The van der Waals surface area contributed by atoms with E-state index in [1.54, 1.807) is 12.1 Å². The molecule has 0 fully saturated rings. The van der Waals surface area contributed by atoms with Crippen LogP contribution in [0.3, 0.4) is 0 Å². The van der Waals surface area contributed by atoms with Crippen LogP contribution in [0.1, 0.15) is 29.7 Å². The fourth-order valence-corrected chi connectivity index (χ4v) is 2.25. The van der Waals surface area contributed by atoms with Gasteiger partial charge in [0.05, 0.1) is 12.5 Å². The first-order chi connectivity index (χ1) is 10.1. The van der Waals surface area contributed by atoms with Gasteiger partial charge in [0, 0.05) is 6.54 Å². The van der Waals surface area contributed by atoms with Gasteiger partial charge in [0.25, 0.3) is 0 Å². The number of carbonyl (C=O) groups is 1. The highest BCUT2D eigenvalue weighted by atomic mass is 19.1. The Bertz CT molecular complexity index is 628. The average molecular weight is 286 g/mol. The average Bonchev–Trinajstić information content (AvgIpc) is 2.47. The minimum absolute atomic E-state index is 0.104. The Morgan fingerprint density at radius 2 is 1.90 bits per heavy atom. The van der Waals surface area contributed by atoms with Gasteiger partial charge in [-0.15, -0.1) is 0 Å². The lowest BCUT2D eigenvalue weighted by Gasteiger charge is -2.15. The van der Waals surface area contributed by atoms with Gasteiger partial charge in [-0.25, -0.2) is 4.39 Å². The van der Waals surface area contributed by atoms with E-state index in [-0.39, 0.29) is 24.2 Å². The summed E-state index contributed by atoms with van der Waals surface area (Å²) in [6, 6.07) is 13.6. The number of amides is 1. The molecule has 0 radical (unpaired) electrons. The van der Waals surface area contributed by atoms with Crippen molar-refractivity contribution < 1.29 is 9.18 Å². The molecule has 0 aliphatic carbocycles. The Balaban J connectivity index is 2.01. The predicted molar refractivity (Wildman–Crippen MR) is 81.0 cm³/mol. The molecule has 1 atom stereocenters. The quantitative estimate of drug-likeness (QED) is 0.888. The van der Waals surface area contributed by atoms with E-state index in [4.69, 9.17) is 5.73 Å². The van der Waals surface area contributed by atoms with Crippen molar-refractivity contribution >= 4 is 5.91 Å². The number of hydrogen-bond acceptors (Lipinski definition) is 2. The fraction of sp³-hybridized carbons (Fsp3) is 0.235. The van der Waals surface area contributed by atoms with E-state index in [1.165, 1.54) is 12.1 Å². The van der Waals surface area contributed by atoms with Crippen molar-refractivity contribution in [3.05, 3.63) is 71.0 Å². The van der Waals surface area contributed by atoms with Gasteiger partial charge in [-0.2, -0.15) is 0 Å². The molecule has 110 valence electrons. The lowest BCUT2D eigenvalue weighted by atomic mass is 10.0. The van der Waals surface area contributed by atoms with Gasteiger partial charge in [0.2, 0.25) is 5.91 Å². The van der Waals surface area contributed by atoms with Gasteiger partial charge < -0.3 is 11.1 Å². The zero-order valence-electron chi connectivity index (χ0n) is 12.0. The Morgan fingerprint density at radius 1 is 1.19 bits per heavy atom. The molecule has 2 aromatic carbocycles. The van der Waals surface area contributed by atoms with Gasteiger partial charge in [-0.1, -0.05) is 36.4 Å². The number of carbonyl (C=O) groups excluding carboxylic acids is 1. The van der Waals surface area contributed by atoms with E-state index in [0.717, 1.165) is 16.7 Å². The number of rotatable bonds is 5. The maximum absolute atomic E-state index is 13.2. The van der Waals surface area contributed by atoms with Gasteiger partial charge in [0.1, 0.15) is 5.82 Å². The molecular weight excluding hydrogens is 267 g/mol. The molecule has 2 rings (SSSR count). The summed E-state index contributed by atoms with van der Waals surface area (Å²) in [6.07, 6.45) is 0.271. The second kappa shape index (κ2) is 6.99. The predicted octanol–water partition coefficient (Wildman–Crippen LogP) is 2.70. The third-order valence-electron chi connectivity index (χ3n) is 3.42. The molecule has 21 heavy (non-hydrogen) atoms. The molecule has 0 aromatic heterocycles. The topological polar surface area (TPSA) is 55.1 Å². The maximum Gasteiger partial charge on any atom is 0.224 e.